The summed E-state index contributed by atoms with van der Waals surface area (Å²) >= 11 is 0. The molecule has 2 heterocycles. The third-order valence-electron chi connectivity index (χ3n) is 2.07. The summed E-state index contributed by atoms with van der Waals surface area (Å²) in [5, 5.41) is 3.27. The minimum Gasteiger partial charge on any atom is -0.399 e. The second kappa shape index (κ2) is 3.62. The highest BCUT2D eigenvalue weighted by atomic mass is 16.5. The summed E-state index contributed by atoms with van der Waals surface area (Å²) in [7, 11) is 0. The van der Waals surface area contributed by atoms with Gasteiger partial charge in [-0.3, -0.25) is 0 Å². The number of aromatic nitrogens is 1. The van der Waals surface area contributed by atoms with Gasteiger partial charge < -0.3 is 15.8 Å². The highest BCUT2D eigenvalue weighted by Crippen LogP contribution is 2.13. The maximum atomic E-state index is 5.62. The van der Waals surface area contributed by atoms with Gasteiger partial charge in [0.05, 0.1) is 12.6 Å². The molecule has 1 fully saturated rings. The molecule has 1 atom stereocenters. The lowest BCUT2D eigenvalue weighted by molar-refractivity contribution is 0.195. The number of hydrogen-bond acceptors (Lipinski definition) is 4. The molecule has 2 rings (SSSR count). The van der Waals surface area contributed by atoms with E-state index in [1.807, 2.05) is 6.07 Å². The van der Waals surface area contributed by atoms with Crippen molar-refractivity contribution in [1.29, 1.82) is 0 Å². The van der Waals surface area contributed by atoms with Crippen LogP contribution in [0, 0.1) is 0 Å². The Hall–Kier alpha value is -1.29. The quantitative estimate of drug-likeness (QED) is 0.707. The largest absolute Gasteiger partial charge is 0.399 e. The second-order valence-corrected chi connectivity index (χ2v) is 3.18. The summed E-state index contributed by atoms with van der Waals surface area (Å²) in [5.41, 5.74) is 6.35. The molecule has 0 radical (unpaired) electrons. The van der Waals surface area contributed by atoms with Crippen molar-refractivity contribution in [2.45, 2.75) is 12.5 Å². The van der Waals surface area contributed by atoms with Crippen molar-refractivity contribution < 1.29 is 4.74 Å². The van der Waals surface area contributed by atoms with Crippen molar-refractivity contribution >= 4 is 11.5 Å². The van der Waals surface area contributed by atoms with Crippen LogP contribution < -0.4 is 11.1 Å². The third-order valence-corrected chi connectivity index (χ3v) is 2.07. The SMILES string of the molecule is Nc1ccnc(NC2CCOC2)c1. The van der Waals surface area contributed by atoms with Crippen LogP contribution in [0.3, 0.4) is 0 Å². The molecule has 1 aliphatic heterocycles. The molecule has 0 aromatic carbocycles. The molecule has 1 unspecified atom stereocenters. The van der Waals surface area contributed by atoms with Crippen molar-refractivity contribution in [2.75, 3.05) is 24.3 Å². The van der Waals surface area contributed by atoms with E-state index < -0.39 is 0 Å². The number of nitrogens with zero attached hydrogens (tertiary/aromatic N) is 1. The first-order valence-electron chi connectivity index (χ1n) is 4.40. The van der Waals surface area contributed by atoms with Gasteiger partial charge >= 0.3 is 0 Å². The maximum absolute atomic E-state index is 5.62. The number of nitrogens with two attached hydrogens (primary N) is 1. The highest BCUT2D eigenvalue weighted by molar-refractivity contribution is 5.48. The fraction of sp³-hybridized carbons (Fsp3) is 0.444. The molecule has 0 spiro atoms. The van der Waals surface area contributed by atoms with E-state index in [1.165, 1.54) is 0 Å². The first kappa shape index (κ1) is 8.31. The van der Waals surface area contributed by atoms with E-state index in [1.54, 1.807) is 12.3 Å². The summed E-state index contributed by atoms with van der Waals surface area (Å²) in [6.07, 6.45) is 2.74. The Morgan fingerprint density at radius 1 is 1.62 bits per heavy atom. The van der Waals surface area contributed by atoms with Gasteiger partial charge in [-0.15, -0.1) is 0 Å². The zero-order valence-electron chi connectivity index (χ0n) is 7.36. The van der Waals surface area contributed by atoms with Crippen molar-refractivity contribution in [3.05, 3.63) is 18.3 Å². The molecule has 4 heteroatoms. The Labute approximate surface area is 77.1 Å². The van der Waals surface area contributed by atoms with E-state index >= 15 is 0 Å². The fourth-order valence-corrected chi connectivity index (χ4v) is 1.38. The van der Waals surface area contributed by atoms with Gasteiger partial charge in [-0.25, -0.2) is 4.98 Å². The molecule has 0 aliphatic carbocycles. The average molecular weight is 179 g/mol. The van der Waals surface area contributed by atoms with Gasteiger partial charge in [0.25, 0.3) is 0 Å². The number of rotatable bonds is 2. The molecule has 0 bridgehead atoms. The standard InChI is InChI=1S/C9H13N3O/c10-7-1-3-11-9(5-7)12-8-2-4-13-6-8/h1,3,5,8H,2,4,6H2,(H3,10,11,12). The number of hydrogen-bond donors (Lipinski definition) is 2. The Balaban J connectivity index is 2.00. The molecule has 1 saturated heterocycles. The van der Waals surface area contributed by atoms with Crippen LogP contribution in [0.4, 0.5) is 11.5 Å². The predicted molar refractivity (Wildman–Crippen MR) is 51.5 cm³/mol. The molecule has 0 amide bonds. The Morgan fingerprint density at radius 3 is 3.23 bits per heavy atom. The Kier molecular flexibility index (Phi) is 2.31. The van der Waals surface area contributed by atoms with Gasteiger partial charge in [0.1, 0.15) is 5.82 Å². The van der Waals surface area contributed by atoms with Crippen molar-refractivity contribution in [3.63, 3.8) is 0 Å². The molecule has 0 saturated carbocycles. The summed E-state index contributed by atoms with van der Waals surface area (Å²) in [5.74, 6) is 0.829. The summed E-state index contributed by atoms with van der Waals surface area (Å²) in [6.45, 7) is 1.59. The zero-order valence-corrected chi connectivity index (χ0v) is 7.36. The number of nitrogen functional groups attached to an aromatic ring is 1. The second-order valence-electron chi connectivity index (χ2n) is 3.18. The first-order valence-corrected chi connectivity index (χ1v) is 4.40. The van der Waals surface area contributed by atoms with E-state index in [4.69, 9.17) is 10.5 Å². The molecule has 1 aromatic rings. The van der Waals surface area contributed by atoms with E-state index in [-0.39, 0.29) is 0 Å². The van der Waals surface area contributed by atoms with Gasteiger partial charge in [-0.2, -0.15) is 0 Å². The topological polar surface area (TPSA) is 60.2 Å². The van der Waals surface area contributed by atoms with E-state index in [0.717, 1.165) is 31.1 Å². The number of nitrogens with one attached hydrogen (secondary N) is 1. The van der Waals surface area contributed by atoms with Crippen LogP contribution in [-0.2, 0) is 4.74 Å². The van der Waals surface area contributed by atoms with E-state index in [0.29, 0.717) is 6.04 Å². The number of pyridine rings is 1. The molecular formula is C9H13N3O. The maximum Gasteiger partial charge on any atom is 0.128 e. The van der Waals surface area contributed by atoms with Crippen molar-refractivity contribution in [2.24, 2.45) is 0 Å². The van der Waals surface area contributed by atoms with Gasteiger partial charge in [0.2, 0.25) is 0 Å². The molecule has 1 aliphatic rings. The monoisotopic (exact) mass is 179 g/mol. The molecule has 13 heavy (non-hydrogen) atoms. The predicted octanol–water partition coefficient (Wildman–Crippen LogP) is 0.865. The van der Waals surface area contributed by atoms with Crippen molar-refractivity contribution in [3.8, 4) is 0 Å². The third kappa shape index (κ3) is 2.09. The normalized spacial score (nSPS) is 21.7. The summed E-state index contributed by atoms with van der Waals surface area (Å²) < 4.78 is 5.24. The summed E-state index contributed by atoms with van der Waals surface area (Å²) in [4.78, 5) is 4.16. The van der Waals surface area contributed by atoms with E-state index in [2.05, 4.69) is 10.3 Å². The average Bonchev–Trinajstić information content (AvgIpc) is 2.57. The Morgan fingerprint density at radius 2 is 2.54 bits per heavy atom. The van der Waals surface area contributed by atoms with Crippen LogP contribution in [0.15, 0.2) is 18.3 Å². The highest BCUT2D eigenvalue weighted by Gasteiger charge is 2.15. The smallest absolute Gasteiger partial charge is 0.128 e. The molecule has 1 aromatic heterocycles. The van der Waals surface area contributed by atoms with Gasteiger partial charge in [-0.05, 0) is 12.5 Å². The van der Waals surface area contributed by atoms with Crippen LogP contribution >= 0.6 is 0 Å². The van der Waals surface area contributed by atoms with Gasteiger partial charge in [0.15, 0.2) is 0 Å². The van der Waals surface area contributed by atoms with Crippen LogP contribution in [0.5, 0.6) is 0 Å². The molecule has 70 valence electrons. The zero-order chi connectivity index (χ0) is 9.10. The van der Waals surface area contributed by atoms with Crippen LogP contribution in [0.1, 0.15) is 6.42 Å². The van der Waals surface area contributed by atoms with Crippen LogP contribution in [0.2, 0.25) is 0 Å². The fourth-order valence-electron chi connectivity index (χ4n) is 1.38. The van der Waals surface area contributed by atoms with Crippen molar-refractivity contribution in [1.82, 2.24) is 4.98 Å². The lowest BCUT2D eigenvalue weighted by atomic mass is 10.2. The van der Waals surface area contributed by atoms with Crippen LogP contribution in [-0.4, -0.2) is 24.2 Å². The van der Waals surface area contributed by atoms with Gasteiger partial charge in [0, 0.05) is 24.6 Å². The first-order chi connectivity index (χ1) is 6.34. The summed E-state index contributed by atoms with van der Waals surface area (Å²) in [6, 6.07) is 3.99. The number of anilines is 2. The molecule has 3 N–H and O–H groups in total. The minimum atomic E-state index is 0.384. The van der Waals surface area contributed by atoms with E-state index in [9.17, 15) is 0 Å². The van der Waals surface area contributed by atoms with Crippen LogP contribution in [0.25, 0.3) is 0 Å². The van der Waals surface area contributed by atoms with Gasteiger partial charge in [-0.1, -0.05) is 0 Å². The lowest BCUT2D eigenvalue weighted by Gasteiger charge is -2.10. The number of ether oxygens (including phenoxy) is 1. The molecule has 4 nitrogen and oxygen atoms in total. The molecular weight excluding hydrogens is 166 g/mol. The Bertz CT molecular complexity index is 284. The minimum absolute atomic E-state index is 0.384. The lowest BCUT2D eigenvalue weighted by Crippen LogP contribution is -2.19.